The van der Waals surface area contributed by atoms with Gasteiger partial charge in [-0.2, -0.15) is 0 Å². The van der Waals surface area contributed by atoms with Crippen molar-refractivity contribution in [2.45, 2.75) is 13.2 Å². The average Bonchev–Trinajstić information content (AvgIpc) is 3.42. The number of rotatable bonds is 8. The molecule has 3 heterocycles. The summed E-state index contributed by atoms with van der Waals surface area (Å²) in [6.45, 7) is 2.98. The third kappa shape index (κ3) is 3.92. The largest absolute Gasteiger partial charge is 0.491 e. The molecule has 1 unspecified atom stereocenters. The zero-order chi connectivity index (χ0) is 20.9. The van der Waals surface area contributed by atoms with Crippen molar-refractivity contribution in [1.29, 1.82) is 0 Å². The molecule has 9 nitrogen and oxygen atoms in total. The maximum absolute atomic E-state index is 12.1. The third-order valence-electron chi connectivity index (χ3n) is 4.41. The first-order chi connectivity index (χ1) is 14.7. The van der Waals surface area contributed by atoms with E-state index in [1.807, 2.05) is 24.3 Å². The minimum absolute atomic E-state index is 0.279. The zero-order valence-corrected chi connectivity index (χ0v) is 16.6. The molecule has 156 valence electrons. The number of methoxy groups -OCH3 is 1. The van der Waals surface area contributed by atoms with Gasteiger partial charge in [0.1, 0.15) is 41.7 Å². The summed E-state index contributed by atoms with van der Waals surface area (Å²) in [5.74, 6) is 0.669. The zero-order valence-electron chi connectivity index (χ0n) is 16.6. The topological polar surface area (TPSA) is 105 Å². The lowest BCUT2D eigenvalue weighted by Gasteiger charge is -2.13. The number of aromatic nitrogens is 3. The molecule has 0 saturated heterocycles. The van der Waals surface area contributed by atoms with E-state index < -0.39 is 12.3 Å². The number of fused-ring (bicyclic) bond motifs is 1. The van der Waals surface area contributed by atoms with Crippen LogP contribution in [0.15, 0.2) is 43.1 Å². The van der Waals surface area contributed by atoms with Gasteiger partial charge in [0.25, 0.3) is 6.29 Å². The van der Waals surface area contributed by atoms with Gasteiger partial charge in [-0.3, -0.25) is 0 Å². The van der Waals surface area contributed by atoms with Crippen LogP contribution in [0.2, 0.25) is 0 Å². The van der Waals surface area contributed by atoms with Gasteiger partial charge in [-0.05, 0) is 19.1 Å². The van der Waals surface area contributed by atoms with Gasteiger partial charge < -0.3 is 28.7 Å². The molecule has 0 amide bonds. The van der Waals surface area contributed by atoms with E-state index in [1.165, 1.54) is 12.6 Å². The van der Waals surface area contributed by atoms with Crippen molar-refractivity contribution in [2.24, 2.45) is 0 Å². The molecule has 30 heavy (non-hydrogen) atoms. The summed E-state index contributed by atoms with van der Waals surface area (Å²) in [6.07, 6.45) is 3.77. The standard InChI is InChI=1S/C21H21N3O6/c1-3-27-20(25)15-10-22-19-17(15)23-12-24-18(19)16-11-29-21(30-16)13-5-4-6-14(9-13)28-8-7-26-2/h4-6,9-12,21-22H,3,7-8H2,1-2H3. The Balaban J connectivity index is 1.53. The van der Waals surface area contributed by atoms with Crippen molar-refractivity contribution in [3.63, 3.8) is 0 Å². The lowest BCUT2D eigenvalue weighted by atomic mass is 10.2. The number of aromatic amines is 1. The van der Waals surface area contributed by atoms with E-state index in [9.17, 15) is 4.79 Å². The van der Waals surface area contributed by atoms with Crippen LogP contribution in [0.3, 0.4) is 0 Å². The van der Waals surface area contributed by atoms with E-state index in [1.54, 1.807) is 20.2 Å². The van der Waals surface area contributed by atoms with Crippen LogP contribution in [0.5, 0.6) is 5.75 Å². The monoisotopic (exact) mass is 411 g/mol. The Morgan fingerprint density at radius 3 is 3.00 bits per heavy atom. The van der Waals surface area contributed by atoms with Gasteiger partial charge in [0.2, 0.25) is 0 Å². The molecule has 2 aromatic heterocycles. The van der Waals surface area contributed by atoms with Crippen LogP contribution < -0.4 is 4.74 Å². The SMILES string of the molecule is CCOC(=O)c1c[nH]c2c(C3=COC(c4cccc(OCCOC)c4)O3)ncnc12. The van der Waals surface area contributed by atoms with Crippen molar-refractivity contribution in [1.82, 2.24) is 15.0 Å². The number of hydrogen-bond donors (Lipinski definition) is 1. The second kappa shape index (κ2) is 8.83. The first-order valence-electron chi connectivity index (χ1n) is 9.44. The van der Waals surface area contributed by atoms with Gasteiger partial charge >= 0.3 is 5.97 Å². The molecule has 0 spiro atoms. The molecule has 4 rings (SSSR count). The first kappa shape index (κ1) is 19.7. The van der Waals surface area contributed by atoms with Gasteiger partial charge in [-0.1, -0.05) is 12.1 Å². The Labute approximate surface area is 172 Å². The van der Waals surface area contributed by atoms with Crippen LogP contribution in [0.4, 0.5) is 0 Å². The van der Waals surface area contributed by atoms with Crippen LogP contribution in [-0.4, -0.2) is 47.9 Å². The van der Waals surface area contributed by atoms with Gasteiger partial charge in [0.05, 0.1) is 18.7 Å². The van der Waals surface area contributed by atoms with Crippen molar-refractivity contribution in [2.75, 3.05) is 26.9 Å². The highest BCUT2D eigenvalue weighted by Crippen LogP contribution is 2.36. The fourth-order valence-electron chi connectivity index (χ4n) is 3.04. The minimum Gasteiger partial charge on any atom is -0.491 e. The highest BCUT2D eigenvalue weighted by Gasteiger charge is 2.27. The van der Waals surface area contributed by atoms with Crippen LogP contribution in [0, 0.1) is 0 Å². The van der Waals surface area contributed by atoms with Gasteiger partial charge in [0.15, 0.2) is 5.76 Å². The molecule has 1 aliphatic heterocycles. The highest BCUT2D eigenvalue weighted by atomic mass is 16.7. The number of carbonyl (C=O) groups excluding carboxylic acids is 1. The molecule has 0 bridgehead atoms. The van der Waals surface area contributed by atoms with Crippen molar-refractivity contribution in [3.8, 4) is 5.75 Å². The number of benzene rings is 1. The number of carbonyl (C=O) groups is 1. The van der Waals surface area contributed by atoms with E-state index in [0.29, 0.717) is 47.0 Å². The number of hydrogen-bond acceptors (Lipinski definition) is 8. The number of nitrogens with one attached hydrogen (secondary N) is 1. The molecule has 9 heteroatoms. The van der Waals surface area contributed by atoms with Crippen molar-refractivity contribution in [3.05, 3.63) is 59.9 Å². The number of ether oxygens (including phenoxy) is 5. The maximum atomic E-state index is 12.1. The van der Waals surface area contributed by atoms with Crippen molar-refractivity contribution < 1.29 is 28.5 Å². The fraction of sp³-hybridized carbons (Fsp3) is 0.286. The Kier molecular flexibility index (Phi) is 5.80. The summed E-state index contributed by atoms with van der Waals surface area (Å²) in [7, 11) is 1.62. The third-order valence-corrected chi connectivity index (χ3v) is 4.41. The summed E-state index contributed by atoms with van der Waals surface area (Å²) in [5.41, 5.74) is 2.64. The molecule has 0 fully saturated rings. The maximum Gasteiger partial charge on any atom is 0.341 e. The van der Waals surface area contributed by atoms with E-state index in [-0.39, 0.29) is 6.61 Å². The lowest BCUT2D eigenvalue weighted by molar-refractivity contribution is -0.0173. The number of H-pyrrole nitrogens is 1. The van der Waals surface area contributed by atoms with Gasteiger partial charge in [-0.25, -0.2) is 14.8 Å². The van der Waals surface area contributed by atoms with E-state index in [4.69, 9.17) is 23.7 Å². The fourth-order valence-corrected chi connectivity index (χ4v) is 3.04. The van der Waals surface area contributed by atoms with Gasteiger partial charge in [-0.15, -0.1) is 0 Å². The Morgan fingerprint density at radius 2 is 2.17 bits per heavy atom. The number of esters is 1. The van der Waals surface area contributed by atoms with Crippen LogP contribution >= 0.6 is 0 Å². The molecule has 0 aliphatic carbocycles. The molecular weight excluding hydrogens is 390 g/mol. The molecule has 1 aliphatic rings. The second-order valence-corrected chi connectivity index (χ2v) is 6.35. The summed E-state index contributed by atoms with van der Waals surface area (Å²) < 4.78 is 27.4. The Morgan fingerprint density at radius 1 is 1.27 bits per heavy atom. The van der Waals surface area contributed by atoms with Crippen LogP contribution in [0.1, 0.15) is 34.8 Å². The smallest absolute Gasteiger partial charge is 0.341 e. The summed E-state index contributed by atoms with van der Waals surface area (Å²) in [5, 5.41) is 0. The molecule has 1 N–H and O–H groups in total. The average molecular weight is 411 g/mol. The Bertz CT molecular complexity index is 1080. The molecule has 3 aromatic rings. The minimum atomic E-state index is -0.643. The lowest BCUT2D eigenvalue weighted by Crippen LogP contribution is -2.05. The highest BCUT2D eigenvalue weighted by molar-refractivity contribution is 6.04. The summed E-state index contributed by atoms with van der Waals surface area (Å²) >= 11 is 0. The molecular formula is C21H21N3O6. The molecule has 0 saturated carbocycles. The first-order valence-corrected chi connectivity index (χ1v) is 9.44. The predicted molar refractivity (Wildman–Crippen MR) is 107 cm³/mol. The predicted octanol–water partition coefficient (Wildman–Crippen LogP) is 3.20. The van der Waals surface area contributed by atoms with Crippen molar-refractivity contribution >= 4 is 22.8 Å². The van der Waals surface area contributed by atoms with Crippen LogP contribution in [-0.2, 0) is 18.9 Å². The summed E-state index contributed by atoms with van der Waals surface area (Å²) in [6, 6.07) is 7.45. The van der Waals surface area contributed by atoms with E-state index in [2.05, 4.69) is 15.0 Å². The van der Waals surface area contributed by atoms with E-state index in [0.717, 1.165) is 5.56 Å². The Hall–Kier alpha value is -3.59. The second-order valence-electron chi connectivity index (χ2n) is 6.35. The van der Waals surface area contributed by atoms with Crippen LogP contribution in [0.25, 0.3) is 16.8 Å². The molecule has 0 radical (unpaired) electrons. The van der Waals surface area contributed by atoms with E-state index >= 15 is 0 Å². The molecule has 1 aromatic carbocycles. The summed E-state index contributed by atoms with van der Waals surface area (Å²) in [4.78, 5) is 23.7. The number of nitrogens with zero attached hydrogens (tertiary/aromatic N) is 2. The molecule has 1 atom stereocenters. The van der Waals surface area contributed by atoms with Gasteiger partial charge in [0, 0.05) is 18.9 Å². The normalized spacial score (nSPS) is 15.4. The quantitative estimate of drug-likeness (QED) is 0.445.